The highest BCUT2D eigenvalue weighted by molar-refractivity contribution is 5.76. The number of nitrogens with one attached hydrogen (secondary N) is 1. The Balaban J connectivity index is 1.63. The van der Waals surface area contributed by atoms with Crippen LogP contribution in [0.15, 0.2) is 0 Å². The zero-order valence-corrected chi connectivity index (χ0v) is 11.8. The predicted octanol–water partition coefficient (Wildman–Crippen LogP) is 0.786. The smallest absolute Gasteiger partial charge is 0.222 e. The summed E-state index contributed by atoms with van der Waals surface area (Å²) in [5, 5.41) is 3.46. The molecule has 2 aliphatic heterocycles. The minimum atomic E-state index is 0.320. The molecule has 4 heteroatoms. The van der Waals surface area contributed by atoms with Crippen molar-refractivity contribution in [3.05, 3.63) is 0 Å². The fourth-order valence-corrected chi connectivity index (χ4v) is 3.32. The van der Waals surface area contributed by atoms with Crippen molar-refractivity contribution in [2.75, 3.05) is 45.8 Å². The van der Waals surface area contributed by atoms with Crippen LogP contribution in [0, 0.1) is 11.8 Å². The molecule has 0 bridgehead atoms. The van der Waals surface area contributed by atoms with Crippen LogP contribution in [0.2, 0.25) is 0 Å². The minimum absolute atomic E-state index is 0.320. The molecule has 2 fully saturated rings. The lowest BCUT2D eigenvalue weighted by Crippen LogP contribution is -2.32. The SMILES string of the molecule is CCN(CC)C(=O)CCCN1C[C@H]2CNC[C@H]2C1. The zero-order valence-electron chi connectivity index (χ0n) is 11.8. The lowest BCUT2D eigenvalue weighted by Gasteiger charge is -2.20. The molecule has 0 spiro atoms. The van der Waals surface area contributed by atoms with Gasteiger partial charge in [-0.15, -0.1) is 0 Å². The molecule has 0 saturated carbocycles. The average Bonchev–Trinajstić information content (AvgIpc) is 2.91. The molecular weight excluding hydrogens is 226 g/mol. The molecule has 2 heterocycles. The normalized spacial score (nSPS) is 27.4. The highest BCUT2D eigenvalue weighted by Gasteiger charge is 2.35. The first-order valence-corrected chi connectivity index (χ1v) is 7.45. The Morgan fingerprint density at radius 1 is 1.22 bits per heavy atom. The minimum Gasteiger partial charge on any atom is -0.343 e. The fraction of sp³-hybridized carbons (Fsp3) is 0.929. The van der Waals surface area contributed by atoms with Crippen LogP contribution in [0.4, 0.5) is 0 Å². The highest BCUT2D eigenvalue weighted by Crippen LogP contribution is 2.26. The molecule has 2 rings (SSSR count). The van der Waals surface area contributed by atoms with E-state index in [1.54, 1.807) is 0 Å². The third kappa shape index (κ3) is 3.23. The van der Waals surface area contributed by atoms with Crippen LogP contribution in [-0.4, -0.2) is 61.5 Å². The topological polar surface area (TPSA) is 35.6 Å². The molecule has 0 unspecified atom stereocenters. The van der Waals surface area contributed by atoms with E-state index in [4.69, 9.17) is 0 Å². The van der Waals surface area contributed by atoms with Crippen molar-refractivity contribution >= 4 is 5.91 Å². The summed E-state index contributed by atoms with van der Waals surface area (Å²) in [7, 11) is 0. The fourth-order valence-electron chi connectivity index (χ4n) is 3.32. The molecule has 2 aliphatic rings. The van der Waals surface area contributed by atoms with Crippen LogP contribution < -0.4 is 5.32 Å². The van der Waals surface area contributed by atoms with Gasteiger partial charge in [0.2, 0.25) is 5.91 Å². The van der Waals surface area contributed by atoms with Gasteiger partial charge >= 0.3 is 0 Å². The van der Waals surface area contributed by atoms with Crippen molar-refractivity contribution in [1.82, 2.24) is 15.1 Å². The van der Waals surface area contributed by atoms with Crippen LogP contribution in [0.5, 0.6) is 0 Å². The first-order chi connectivity index (χ1) is 8.74. The lowest BCUT2D eigenvalue weighted by atomic mass is 10.0. The number of likely N-dealkylation sites (tertiary alicyclic amines) is 1. The van der Waals surface area contributed by atoms with E-state index < -0.39 is 0 Å². The van der Waals surface area contributed by atoms with Gasteiger partial charge in [0.05, 0.1) is 0 Å². The van der Waals surface area contributed by atoms with Crippen LogP contribution in [0.25, 0.3) is 0 Å². The summed E-state index contributed by atoms with van der Waals surface area (Å²) in [6.45, 7) is 11.7. The summed E-state index contributed by atoms with van der Waals surface area (Å²) in [5.41, 5.74) is 0. The first-order valence-electron chi connectivity index (χ1n) is 7.45. The van der Waals surface area contributed by atoms with Gasteiger partial charge in [0.15, 0.2) is 0 Å². The van der Waals surface area contributed by atoms with Crippen molar-refractivity contribution < 1.29 is 4.79 Å². The molecule has 0 aromatic carbocycles. The maximum atomic E-state index is 11.9. The first kappa shape index (κ1) is 13.8. The molecule has 1 amide bonds. The van der Waals surface area contributed by atoms with Gasteiger partial charge < -0.3 is 15.1 Å². The summed E-state index contributed by atoms with van der Waals surface area (Å²) < 4.78 is 0. The molecule has 2 saturated heterocycles. The number of nitrogens with zero attached hydrogens (tertiary/aromatic N) is 2. The third-order valence-corrected chi connectivity index (χ3v) is 4.45. The van der Waals surface area contributed by atoms with Gasteiger partial charge in [-0.2, -0.15) is 0 Å². The quantitative estimate of drug-likeness (QED) is 0.760. The molecule has 0 aliphatic carbocycles. The van der Waals surface area contributed by atoms with Gasteiger partial charge in [-0.1, -0.05) is 0 Å². The number of carbonyl (C=O) groups is 1. The van der Waals surface area contributed by atoms with Gasteiger partial charge in [0.25, 0.3) is 0 Å². The Labute approximate surface area is 111 Å². The van der Waals surface area contributed by atoms with Crippen molar-refractivity contribution in [2.24, 2.45) is 11.8 Å². The monoisotopic (exact) mass is 253 g/mol. The maximum absolute atomic E-state index is 11.9. The number of rotatable bonds is 6. The summed E-state index contributed by atoms with van der Waals surface area (Å²) in [6, 6.07) is 0. The van der Waals surface area contributed by atoms with E-state index in [-0.39, 0.29) is 0 Å². The molecule has 2 atom stereocenters. The van der Waals surface area contributed by atoms with Crippen LogP contribution >= 0.6 is 0 Å². The molecule has 18 heavy (non-hydrogen) atoms. The Hall–Kier alpha value is -0.610. The Morgan fingerprint density at radius 2 is 1.83 bits per heavy atom. The van der Waals surface area contributed by atoms with Gasteiger partial charge in [0, 0.05) is 32.6 Å². The second-order valence-electron chi connectivity index (χ2n) is 5.61. The van der Waals surface area contributed by atoms with Crippen molar-refractivity contribution in [1.29, 1.82) is 0 Å². The number of hydrogen-bond acceptors (Lipinski definition) is 3. The maximum Gasteiger partial charge on any atom is 0.222 e. The Kier molecular flexibility index (Phi) is 5.01. The van der Waals surface area contributed by atoms with E-state index in [0.717, 1.165) is 37.9 Å². The van der Waals surface area contributed by atoms with E-state index in [1.807, 2.05) is 4.90 Å². The lowest BCUT2D eigenvalue weighted by molar-refractivity contribution is -0.130. The Morgan fingerprint density at radius 3 is 2.39 bits per heavy atom. The van der Waals surface area contributed by atoms with Crippen LogP contribution in [0.3, 0.4) is 0 Å². The van der Waals surface area contributed by atoms with Gasteiger partial charge in [-0.05, 0) is 51.7 Å². The van der Waals surface area contributed by atoms with Crippen LogP contribution in [-0.2, 0) is 4.79 Å². The average molecular weight is 253 g/mol. The molecular formula is C14H27N3O. The van der Waals surface area contributed by atoms with Crippen molar-refractivity contribution in [3.63, 3.8) is 0 Å². The largest absolute Gasteiger partial charge is 0.343 e. The van der Waals surface area contributed by atoms with Crippen molar-refractivity contribution in [2.45, 2.75) is 26.7 Å². The molecule has 4 nitrogen and oxygen atoms in total. The number of hydrogen-bond donors (Lipinski definition) is 1. The summed E-state index contributed by atoms with van der Waals surface area (Å²) in [5.74, 6) is 2.05. The highest BCUT2D eigenvalue weighted by atomic mass is 16.2. The number of fused-ring (bicyclic) bond motifs is 1. The van der Waals surface area contributed by atoms with Gasteiger partial charge in [-0.25, -0.2) is 0 Å². The molecule has 1 N–H and O–H groups in total. The second-order valence-corrected chi connectivity index (χ2v) is 5.61. The van der Waals surface area contributed by atoms with Crippen molar-refractivity contribution in [3.8, 4) is 0 Å². The van der Waals surface area contributed by atoms with E-state index in [1.165, 1.54) is 26.2 Å². The summed E-state index contributed by atoms with van der Waals surface area (Å²) in [6.07, 6.45) is 1.73. The standard InChI is InChI=1S/C14H27N3O/c1-3-17(4-2)14(18)6-5-7-16-10-12-8-15-9-13(12)11-16/h12-13,15H,3-11H2,1-2H3/t12-,13+. The van der Waals surface area contributed by atoms with Gasteiger partial charge in [-0.3, -0.25) is 4.79 Å². The molecule has 0 radical (unpaired) electrons. The summed E-state index contributed by atoms with van der Waals surface area (Å²) in [4.78, 5) is 16.4. The second kappa shape index (κ2) is 6.53. The van der Waals surface area contributed by atoms with E-state index in [9.17, 15) is 4.79 Å². The van der Waals surface area contributed by atoms with E-state index >= 15 is 0 Å². The zero-order chi connectivity index (χ0) is 13.0. The van der Waals surface area contributed by atoms with Crippen LogP contribution in [0.1, 0.15) is 26.7 Å². The molecule has 0 aromatic rings. The molecule has 0 aromatic heterocycles. The number of carbonyl (C=O) groups excluding carboxylic acids is 1. The predicted molar refractivity (Wildman–Crippen MR) is 73.5 cm³/mol. The molecule has 104 valence electrons. The number of amides is 1. The summed E-state index contributed by atoms with van der Waals surface area (Å²) >= 11 is 0. The van der Waals surface area contributed by atoms with Gasteiger partial charge in [0.1, 0.15) is 0 Å². The third-order valence-electron chi connectivity index (χ3n) is 4.45. The Bertz CT molecular complexity index is 266. The van der Waals surface area contributed by atoms with E-state index in [2.05, 4.69) is 24.1 Å². The van der Waals surface area contributed by atoms with E-state index in [0.29, 0.717) is 12.3 Å².